The van der Waals surface area contributed by atoms with Crippen LogP contribution in [0, 0.1) is 0 Å². The fourth-order valence-corrected chi connectivity index (χ4v) is 8.44. The second-order valence-corrected chi connectivity index (χ2v) is 15.5. The summed E-state index contributed by atoms with van der Waals surface area (Å²) in [4.78, 5) is 4.49. The molecule has 9 rings (SSSR count). The first kappa shape index (κ1) is 40.7. The SMILES string of the molecule is CCCCn1c2cc(-c3ccc(N(c4ccc(OC)cc4)c4ccc(OC)cc4)cc3)ccc2c2ccc(-c3ccc(N(c4ccc(OC)cc4)c4ccc(OC)cc4)cc3)cc21. The zero-order valence-electron chi connectivity index (χ0n) is 36.4. The Kier molecular flexibility index (Phi) is 11.7. The second kappa shape index (κ2) is 18.1. The Morgan fingerprint density at radius 1 is 0.349 bits per heavy atom. The van der Waals surface area contributed by atoms with Crippen molar-refractivity contribution in [3.63, 3.8) is 0 Å². The van der Waals surface area contributed by atoms with Crippen LogP contribution < -0.4 is 28.7 Å². The molecule has 7 heteroatoms. The molecule has 0 amide bonds. The number of fused-ring (bicyclic) bond motifs is 3. The molecule has 63 heavy (non-hydrogen) atoms. The molecule has 0 saturated heterocycles. The molecule has 0 unspecified atom stereocenters. The van der Waals surface area contributed by atoms with E-state index in [-0.39, 0.29) is 0 Å². The van der Waals surface area contributed by atoms with E-state index in [9.17, 15) is 0 Å². The molecule has 0 bridgehead atoms. The van der Waals surface area contributed by atoms with Gasteiger partial charge < -0.3 is 33.3 Å². The summed E-state index contributed by atoms with van der Waals surface area (Å²) in [5.41, 5.74) is 13.5. The van der Waals surface area contributed by atoms with E-state index in [1.165, 1.54) is 32.9 Å². The highest BCUT2D eigenvalue weighted by Crippen LogP contribution is 2.41. The van der Waals surface area contributed by atoms with Gasteiger partial charge in [-0.3, -0.25) is 0 Å². The van der Waals surface area contributed by atoms with Gasteiger partial charge in [-0.1, -0.05) is 61.9 Å². The Hall–Kier alpha value is -7.64. The lowest BCUT2D eigenvalue weighted by Crippen LogP contribution is -2.09. The van der Waals surface area contributed by atoms with E-state index < -0.39 is 0 Å². The van der Waals surface area contributed by atoms with Crippen molar-refractivity contribution >= 4 is 55.9 Å². The van der Waals surface area contributed by atoms with E-state index in [1.807, 2.05) is 48.5 Å². The minimum atomic E-state index is 0.819. The van der Waals surface area contributed by atoms with Gasteiger partial charge in [0, 0.05) is 62.5 Å². The first-order chi connectivity index (χ1) is 31.0. The number of benzene rings is 8. The third kappa shape index (κ3) is 8.26. The minimum absolute atomic E-state index is 0.819. The Balaban J connectivity index is 1.05. The third-order valence-corrected chi connectivity index (χ3v) is 11.8. The number of unbranched alkanes of at least 4 members (excludes halogenated alkanes) is 1. The van der Waals surface area contributed by atoms with Crippen molar-refractivity contribution in [2.75, 3.05) is 38.2 Å². The molecule has 0 aliphatic rings. The predicted octanol–water partition coefficient (Wildman–Crippen LogP) is 14.9. The number of methoxy groups -OCH3 is 4. The summed E-state index contributed by atoms with van der Waals surface area (Å²) in [6, 6.07) is 64.2. The topological polar surface area (TPSA) is 48.3 Å². The molecular formula is C56H51N3O4. The maximum Gasteiger partial charge on any atom is 0.119 e. The molecule has 8 aromatic carbocycles. The fraction of sp³-hybridized carbons (Fsp3) is 0.143. The summed E-state index contributed by atoms with van der Waals surface area (Å²) in [5, 5.41) is 2.53. The molecule has 9 aromatic rings. The van der Waals surface area contributed by atoms with Crippen molar-refractivity contribution in [2.45, 2.75) is 26.3 Å². The normalized spacial score (nSPS) is 11.1. The summed E-state index contributed by atoms with van der Waals surface area (Å²) in [5.74, 6) is 3.28. The molecular weight excluding hydrogens is 779 g/mol. The van der Waals surface area contributed by atoms with Crippen molar-refractivity contribution in [1.29, 1.82) is 0 Å². The quantitative estimate of drug-likeness (QED) is 0.103. The van der Waals surface area contributed by atoms with Gasteiger partial charge in [-0.05, 0) is 162 Å². The monoisotopic (exact) mass is 829 g/mol. The molecule has 0 aliphatic carbocycles. The first-order valence-electron chi connectivity index (χ1n) is 21.4. The maximum atomic E-state index is 5.46. The molecule has 0 fully saturated rings. The van der Waals surface area contributed by atoms with Crippen LogP contribution in [0.2, 0.25) is 0 Å². The van der Waals surface area contributed by atoms with Gasteiger partial charge in [0.1, 0.15) is 23.0 Å². The molecule has 0 N–H and O–H groups in total. The highest BCUT2D eigenvalue weighted by Gasteiger charge is 2.17. The lowest BCUT2D eigenvalue weighted by molar-refractivity contribution is 0.414. The van der Waals surface area contributed by atoms with Crippen molar-refractivity contribution < 1.29 is 18.9 Å². The van der Waals surface area contributed by atoms with Crippen LogP contribution >= 0.6 is 0 Å². The highest BCUT2D eigenvalue weighted by atomic mass is 16.5. The number of rotatable bonds is 15. The van der Waals surface area contributed by atoms with Crippen LogP contribution in [-0.2, 0) is 6.54 Å². The van der Waals surface area contributed by atoms with E-state index in [4.69, 9.17) is 18.9 Å². The number of ether oxygens (including phenoxy) is 4. The third-order valence-electron chi connectivity index (χ3n) is 11.8. The average molecular weight is 830 g/mol. The summed E-state index contributed by atoms with van der Waals surface area (Å²) in [6.45, 7) is 3.20. The van der Waals surface area contributed by atoms with Crippen LogP contribution in [0.3, 0.4) is 0 Å². The Labute approximate surface area is 369 Å². The van der Waals surface area contributed by atoms with Gasteiger partial charge >= 0.3 is 0 Å². The molecule has 0 spiro atoms. The van der Waals surface area contributed by atoms with Crippen molar-refractivity contribution in [3.05, 3.63) is 182 Å². The van der Waals surface area contributed by atoms with Gasteiger partial charge in [-0.25, -0.2) is 0 Å². The maximum absolute atomic E-state index is 5.46. The molecule has 0 aliphatic heterocycles. The number of aromatic nitrogens is 1. The van der Waals surface area contributed by atoms with Crippen LogP contribution in [0.5, 0.6) is 23.0 Å². The van der Waals surface area contributed by atoms with E-state index in [0.717, 1.165) is 87.6 Å². The Bertz CT molecular complexity index is 2650. The summed E-state index contributed by atoms with van der Waals surface area (Å²) < 4.78 is 24.4. The molecule has 0 saturated carbocycles. The van der Waals surface area contributed by atoms with Gasteiger partial charge in [0.05, 0.1) is 28.4 Å². The fourth-order valence-electron chi connectivity index (χ4n) is 8.44. The van der Waals surface area contributed by atoms with E-state index in [0.29, 0.717) is 0 Å². The number of aryl methyl sites for hydroxylation is 1. The molecule has 1 aromatic heterocycles. The summed E-state index contributed by atoms with van der Waals surface area (Å²) >= 11 is 0. The lowest BCUT2D eigenvalue weighted by atomic mass is 10.0. The summed E-state index contributed by atoms with van der Waals surface area (Å²) in [7, 11) is 6.76. The van der Waals surface area contributed by atoms with Crippen molar-refractivity contribution in [3.8, 4) is 45.3 Å². The number of hydrogen-bond donors (Lipinski definition) is 0. The second-order valence-electron chi connectivity index (χ2n) is 15.5. The Morgan fingerprint density at radius 3 is 0.889 bits per heavy atom. The minimum Gasteiger partial charge on any atom is -0.497 e. The predicted molar refractivity (Wildman–Crippen MR) is 261 cm³/mol. The van der Waals surface area contributed by atoms with Crippen LogP contribution in [0.1, 0.15) is 19.8 Å². The van der Waals surface area contributed by atoms with Crippen LogP contribution in [0.15, 0.2) is 182 Å². The van der Waals surface area contributed by atoms with Crippen LogP contribution in [0.4, 0.5) is 34.1 Å². The average Bonchev–Trinajstić information content (AvgIpc) is 3.66. The smallest absolute Gasteiger partial charge is 0.119 e. The summed E-state index contributed by atoms with van der Waals surface area (Å²) in [6.07, 6.45) is 2.21. The molecule has 0 atom stereocenters. The Morgan fingerprint density at radius 2 is 0.619 bits per heavy atom. The number of nitrogens with zero attached hydrogens (tertiary/aromatic N) is 3. The number of hydrogen-bond acceptors (Lipinski definition) is 6. The van der Waals surface area contributed by atoms with Crippen molar-refractivity contribution in [2.24, 2.45) is 0 Å². The standard InChI is InChI=1S/C56H51N3O4/c1-6-7-36-57-55-37-41(39-8-14-43(15-9-39)58(45-18-26-49(60-2)27-19-45)46-20-28-50(61-3)29-21-46)12-34-53(55)54-35-13-42(38-56(54)57)40-10-16-44(17-11-40)59(47-22-30-51(62-4)31-23-47)48-24-32-52(63-5)33-25-48/h8-35,37-38H,6-7,36H2,1-5H3. The zero-order valence-corrected chi connectivity index (χ0v) is 36.4. The highest BCUT2D eigenvalue weighted by molar-refractivity contribution is 6.10. The number of anilines is 6. The molecule has 314 valence electrons. The van der Waals surface area contributed by atoms with Gasteiger partial charge in [-0.15, -0.1) is 0 Å². The first-order valence-corrected chi connectivity index (χ1v) is 21.4. The van der Waals surface area contributed by atoms with Crippen LogP contribution in [0.25, 0.3) is 44.1 Å². The lowest BCUT2D eigenvalue weighted by Gasteiger charge is -2.26. The van der Waals surface area contributed by atoms with Gasteiger partial charge in [0.25, 0.3) is 0 Å². The van der Waals surface area contributed by atoms with E-state index in [2.05, 4.69) is 155 Å². The van der Waals surface area contributed by atoms with Gasteiger partial charge in [0.15, 0.2) is 0 Å². The van der Waals surface area contributed by atoms with Gasteiger partial charge in [-0.2, -0.15) is 0 Å². The van der Waals surface area contributed by atoms with Gasteiger partial charge in [0.2, 0.25) is 0 Å². The molecule has 1 heterocycles. The van der Waals surface area contributed by atoms with Crippen LogP contribution in [-0.4, -0.2) is 33.0 Å². The van der Waals surface area contributed by atoms with E-state index in [1.54, 1.807) is 28.4 Å². The molecule has 0 radical (unpaired) electrons. The van der Waals surface area contributed by atoms with E-state index >= 15 is 0 Å². The molecule has 7 nitrogen and oxygen atoms in total. The zero-order chi connectivity index (χ0) is 43.3. The largest absolute Gasteiger partial charge is 0.497 e. The van der Waals surface area contributed by atoms with Crippen molar-refractivity contribution in [1.82, 2.24) is 4.57 Å².